The number of pyridine rings is 1. The van der Waals surface area contributed by atoms with Crippen LogP contribution in [-0.2, 0) is 0 Å². The second kappa shape index (κ2) is 4.10. The van der Waals surface area contributed by atoms with Crippen LogP contribution in [0.4, 0.5) is 5.69 Å². The van der Waals surface area contributed by atoms with Crippen molar-refractivity contribution >= 4 is 32.8 Å². The van der Waals surface area contributed by atoms with Gasteiger partial charge in [0, 0.05) is 21.4 Å². The quantitative estimate of drug-likeness (QED) is 0.678. The van der Waals surface area contributed by atoms with Crippen molar-refractivity contribution in [2.45, 2.75) is 6.92 Å². The average molecular weight is 303 g/mol. The summed E-state index contributed by atoms with van der Waals surface area (Å²) >= 11 is 3.43. The first kappa shape index (κ1) is 11.2. The summed E-state index contributed by atoms with van der Waals surface area (Å²) in [5.41, 5.74) is 10.1. The molecule has 1 aromatic carbocycles. The summed E-state index contributed by atoms with van der Waals surface area (Å²) in [5, 5.41) is 0. The van der Waals surface area contributed by atoms with Crippen LogP contribution in [0.2, 0.25) is 0 Å². The van der Waals surface area contributed by atoms with Crippen LogP contribution in [0.3, 0.4) is 0 Å². The van der Waals surface area contributed by atoms with Crippen LogP contribution < -0.4 is 5.73 Å². The van der Waals surface area contributed by atoms with Crippen molar-refractivity contribution in [2.75, 3.05) is 5.73 Å². The number of nitrogens with two attached hydrogens (primary N) is 1. The molecular formula is C13H11BrN4. The lowest BCUT2D eigenvalue weighted by molar-refractivity contribution is 1.22. The van der Waals surface area contributed by atoms with Crippen molar-refractivity contribution in [3.63, 3.8) is 0 Å². The van der Waals surface area contributed by atoms with Gasteiger partial charge in [0.2, 0.25) is 0 Å². The van der Waals surface area contributed by atoms with E-state index < -0.39 is 0 Å². The molecule has 18 heavy (non-hydrogen) atoms. The van der Waals surface area contributed by atoms with E-state index in [1.54, 1.807) is 0 Å². The lowest BCUT2D eigenvalue weighted by Crippen LogP contribution is -1.87. The highest BCUT2D eigenvalue weighted by molar-refractivity contribution is 9.10. The van der Waals surface area contributed by atoms with Gasteiger partial charge in [0.15, 0.2) is 5.65 Å². The van der Waals surface area contributed by atoms with E-state index in [-0.39, 0.29) is 0 Å². The number of aryl methyl sites for hydroxylation is 1. The van der Waals surface area contributed by atoms with Gasteiger partial charge in [-0.3, -0.25) is 0 Å². The summed E-state index contributed by atoms with van der Waals surface area (Å²) in [6, 6.07) is 9.65. The molecule has 0 aliphatic rings. The van der Waals surface area contributed by atoms with Crippen molar-refractivity contribution in [3.8, 4) is 11.4 Å². The second-order valence-electron chi connectivity index (χ2n) is 4.18. The minimum Gasteiger partial charge on any atom is -0.399 e. The number of benzene rings is 1. The molecule has 90 valence electrons. The Bertz CT molecular complexity index is 713. The molecule has 0 spiro atoms. The number of nitrogen functional groups attached to an aromatic ring is 1. The van der Waals surface area contributed by atoms with Crippen molar-refractivity contribution in [3.05, 3.63) is 40.5 Å². The molecule has 0 saturated heterocycles. The number of halogens is 1. The lowest BCUT2D eigenvalue weighted by Gasteiger charge is -2.00. The summed E-state index contributed by atoms with van der Waals surface area (Å²) in [4.78, 5) is 12.1. The van der Waals surface area contributed by atoms with Crippen molar-refractivity contribution < 1.29 is 0 Å². The Balaban J connectivity index is 2.19. The third-order valence-corrected chi connectivity index (χ3v) is 3.14. The van der Waals surface area contributed by atoms with E-state index in [1.165, 1.54) is 0 Å². The fourth-order valence-electron chi connectivity index (χ4n) is 1.87. The summed E-state index contributed by atoms with van der Waals surface area (Å²) in [7, 11) is 0. The topological polar surface area (TPSA) is 67.6 Å². The van der Waals surface area contributed by atoms with Gasteiger partial charge < -0.3 is 10.7 Å². The number of rotatable bonds is 1. The minimum absolute atomic E-state index is 0.698. The van der Waals surface area contributed by atoms with Crippen molar-refractivity contribution in [1.29, 1.82) is 0 Å². The van der Waals surface area contributed by atoms with Gasteiger partial charge in [-0.15, -0.1) is 0 Å². The highest BCUT2D eigenvalue weighted by Gasteiger charge is 2.07. The molecule has 5 heteroatoms. The summed E-state index contributed by atoms with van der Waals surface area (Å²) < 4.78 is 0.932. The summed E-state index contributed by atoms with van der Waals surface area (Å²) in [5.74, 6) is 0.774. The van der Waals surface area contributed by atoms with E-state index in [0.29, 0.717) is 5.69 Å². The highest BCUT2D eigenvalue weighted by Crippen LogP contribution is 2.25. The molecule has 2 heterocycles. The van der Waals surface area contributed by atoms with Gasteiger partial charge in [0.1, 0.15) is 5.82 Å². The Morgan fingerprint density at radius 3 is 2.78 bits per heavy atom. The number of hydrogen-bond acceptors (Lipinski definition) is 3. The largest absolute Gasteiger partial charge is 0.399 e. The molecule has 3 rings (SSSR count). The molecule has 0 amide bonds. The Kier molecular flexibility index (Phi) is 2.56. The van der Waals surface area contributed by atoms with Crippen LogP contribution >= 0.6 is 15.9 Å². The molecule has 0 fully saturated rings. The number of anilines is 1. The maximum atomic E-state index is 5.83. The third-order valence-electron chi connectivity index (χ3n) is 2.68. The zero-order chi connectivity index (χ0) is 12.7. The number of fused-ring (bicyclic) bond motifs is 1. The van der Waals surface area contributed by atoms with Crippen LogP contribution in [0.25, 0.3) is 22.6 Å². The Labute approximate surface area is 112 Å². The van der Waals surface area contributed by atoms with E-state index in [0.717, 1.165) is 32.7 Å². The number of aromatic amines is 1. The predicted octanol–water partition coefficient (Wildman–Crippen LogP) is 3.28. The highest BCUT2D eigenvalue weighted by atomic mass is 79.9. The van der Waals surface area contributed by atoms with Crippen LogP contribution in [0.15, 0.2) is 34.8 Å². The van der Waals surface area contributed by atoms with E-state index in [1.807, 2.05) is 37.3 Å². The maximum absolute atomic E-state index is 5.83. The lowest BCUT2D eigenvalue weighted by atomic mass is 10.2. The first-order valence-electron chi connectivity index (χ1n) is 5.51. The number of imidazole rings is 1. The van der Waals surface area contributed by atoms with Gasteiger partial charge in [-0.05, 0) is 37.3 Å². The van der Waals surface area contributed by atoms with Crippen molar-refractivity contribution in [2.24, 2.45) is 0 Å². The number of nitrogens with one attached hydrogen (secondary N) is 1. The van der Waals surface area contributed by atoms with E-state index in [9.17, 15) is 0 Å². The van der Waals surface area contributed by atoms with Crippen LogP contribution in [-0.4, -0.2) is 15.0 Å². The third kappa shape index (κ3) is 1.97. The fourth-order valence-corrected chi connectivity index (χ4v) is 2.38. The van der Waals surface area contributed by atoms with Crippen LogP contribution in [0.5, 0.6) is 0 Å². The Morgan fingerprint density at radius 2 is 2.00 bits per heavy atom. The predicted molar refractivity (Wildman–Crippen MR) is 76.2 cm³/mol. The smallest absolute Gasteiger partial charge is 0.178 e. The van der Waals surface area contributed by atoms with E-state index in [4.69, 9.17) is 5.73 Å². The molecule has 2 aromatic heterocycles. The van der Waals surface area contributed by atoms with Gasteiger partial charge in [-0.25, -0.2) is 9.97 Å². The Hall–Kier alpha value is -1.88. The molecule has 0 bridgehead atoms. The number of H-pyrrole nitrogens is 1. The second-order valence-corrected chi connectivity index (χ2v) is 5.10. The maximum Gasteiger partial charge on any atom is 0.178 e. The van der Waals surface area contributed by atoms with Gasteiger partial charge in [-0.1, -0.05) is 15.9 Å². The van der Waals surface area contributed by atoms with Crippen LogP contribution in [0.1, 0.15) is 5.69 Å². The zero-order valence-electron chi connectivity index (χ0n) is 9.74. The average Bonchev–Trinajstić information content (AvgIpc) is 2.70. The van der Waals surface area contributed by atoms with Gasteiger partial charge in [0.25, 0.3) is 0 Å². The fraction of sp³-hybridized carbons (Fsp3) is 0.0769. The molecule has 0 aliphatic heterocycles. The first-order valence-corrected chi connectivity index (χ1v) is 6.31. The molecule has 0 radical (unpaired) electrons. The van der Waals surface area contributed by atoms with Gasteiger partial charge in [0.05, 0.1) is 5.52 Å². The van der Waals surface area contributed by atoms with E-state index >= 15 is 0 Å². The van der Waals surface area contributed by atoms with Crippen LogP contribution in [0, 0.1) is 6.92 Å². The van der Waals surface area contributed by atoms with Crippen molar-refractivity contribution in [1.82, 2.24) is 15.0 Å². The molecule has 0 aliphatic carbocycles. The SMILES string of the molecule is Cc1ccc2[nH]c(-c3cc(N)cc(Br)c3)nc2n1. The van der Waals surface area contributed by atoms with Gasteiger partial charge in [-0.2, -0.15) is 0 Å². The first-order chi connectivity index (χ1) is 8.61. The normalized spacial score (nSPS) is 11.0. The summed E-state index contributed by atoms with van der Waals surface area (Å²) in [6.07, 6.45) is 0. The van der Waals surface area contributed by atoms with Gasteiger partial charge >= 0.3 is 0 Å². The minimum atomic E-state index is 0.698. The molecule has 0 saturated carbocycles. The number of aromatic nitrogens is 3. The monoisotopic (exact) mass is 302 g/mol. The summed E-state index contributed by atoms with van der Waals surface area (Å²) in [6.45, 7) is 1.95. The number of nitrogens with zero attached hydrogens (tertiary/aromatic N) is 2. The molecule has 3 aromatic rings. The zero-order valence-corrected chi connectivity index (χ0v) is 11.3. The molecular weight excluding hydrogens is 292 g/mol. The molecule has 0 atom stereocenters. The molecule has 0 unspecified atom stereocenters. The Morgan fingerprint density at radius 1 is 1.17 bits per heavy atom. The molecule has 3 N–H and O–H groups in total. The molecule has 4 nitrogen and oxygen atoms in total. The number of hydrogen-bond donors (Lipinski definition) is 2. The van der Waals surface area contributed by atoms with E-state index in [2.05, 4.69) is 30.9 Å². The standard InChI is InChI=1S/C13H11BrN4/c1-7-2-3-11-13(16-7)18-12(17-11)8-4-9(14)6-10(15)5-8/h2-6H,15H2,1H3,(H,16,17,18).